The van der Waals surface area contributed by atoms with Crippen LogP contribution in [0.3, 0.4) is 0 Å². The number of nitrogens with one attached hydrogen (secondary N) is 1. The van der Waals surface area contributed by atoms with Gasteiger partial charge in [0.1, 0.15) is 0 Å². The lowest BCUT2D eigenvalue weighted by Crippen LogP contribution is -2.12. The number of hydrogen-bond donors (Lipinski definition) is 2. The zero-order valence-corrected chi connectivity index (χ0v) is 12.1. The summed E-state index contributed by atoms with van der Waals surface area (Å²) < 4.78 is 20.2. The van der Waals surface area contributed by atoms with Gasteiger partial charge < -0.3 is 29.4 Å². The monoisotopic (exact) mass is 279 g/mol. The molecule has 19 heavy (non-hydrogen) atoms. The van der Waals surface area contributed by atoms with Gasteiger partial charge in [0, 0.05) is 7.11 Å². The van der Waals surface area contributed by atoms with E-state index < -0.39 is 0 Å². The van der Waals surface area contributed by atoms with Crippen LogP contribution in [0, 0.1) is 0 Å². The molecule has 0 aromatic rings. The number of rotatable bonds is 11. The topological polar surface area (TPSA) is 69.2 Å². The molecule has 6 heteroatoms. The molecule has 0 bridgehead atoms. The first-order valence-corrected chi connectivity index (χ1v) is 6.95. The Kier molecular flexibility index (Phi) is 17.5. The van der Waals surface area contributed by atoms with Gasteiger partial charge in [0.2, 0.25) is 0 Å². The minimum Gasteiger partial charge on any atom is -0.394 e. The summed E-state index contributed by atoms with van der Waals surface area (Å²) in [6.45, 7) is 6.32. The van der Waals surface area contributed by atoms with E-state index in [1.165, 1.54) is 25.9 Å². The highest BCUT2D eigenvalue weighted by Crippen LogP contribution is 1.90. The summed E-state index contributed by atoms with van der Waals surface area (Å²) in [4.78, 5) is 0. The highest BCUT2D eigenvalue weighted by Gasteiger charge is 1.93. The Balaban J connectivity index is 0.000000532. The van der Waals surface area contributed by atoms with Gasteiger partial charge in [0.15, 0.2) is 0 Å². The van der Waals surface area contributed by atoms with Gasteiger partial charge in [-0.05, 0) is 25.9 Å². The fraction of sp³-hybridized carbons (Fsp3) is 1.00. The van der Waals surface area contributed by atoms with Crippen molar-refractivity contribution < 1.29 is 24.1 Å². The predicted octanol–water partition coefficient (Wildman–Crippen LogP) is 0.0447. The van der Waals surface area contributed by atoms with Crippen LogP contribution < -0.4 is 5.32 Å². The van der Waals surface area contributed by atoms with Crippen LogP contribution in [0.2, 0.25) is 0 Å². The molecule has 0 amide bonds. The number of hydrogen-bond acceptors (Lipinski definition) is 6. The standard InChI is InChI=1S/C9H20O5.C4H9N/c1-11-4-5-13-8-9-14-7-6-12-3-2-10;1-2-4-5-3-1/h10H,2-9H2,1H3;5H,1-4H2. The molecular formula is C13H29NO5. The summed E-state index contributed by atoms with van der Waals surface area (Å²) >= 11 is 0. The summed E-state index contributed by atoms with van der Waals surface area (Å²) in [5.41, 5.74) is 0. The Bertz CT molecular complexity index is 136. The normalized spacial score (nSPS) is 14.2. The van der Waals surface area contributed by atoms with Gasteiger partial charge in [-0.2, -0.15) is 0 Å². The van der Waals surface area contributed by atoms with Crippen molar-refractivity contribution in [3.05, 3.63) is 0 Å². The molecule has 1 aliphatic heterocycles. The Hall–Kier alpha value is -0.240. The van der Waals surface area contributed by atoms with Crippen LogP contribution >= 0.6 is 0 Å². The van der Waals surface area contributed by atoms with Gasteiger partial charge in [-0.1, -0.05) is 0 Å². The Morgan fingerprint density at radius 2 is 1.26 bits per heavy atom. The largest absolute Gasteiger partial charge is 0.394 e. The van der Waals surface area contributed by atoms with Crippen molar-refractivity contribution in [2.24, 2.45) is 0 Å². The quantitative estimate of drug-likeness (QED) is 0.521. The first kappa shape index (κ1) is 18.8. The number of ether oxygens (including phenoxy) is 4. The van der Waals surface area contributed by atoms with Crippen LogP contribution in [-0.4, -0.2) is 78.2 Å². The molecule has 1 aliphatic rings. The second kappa shape index (κ2) is 17.8. The lowest BCUT2D eigenvalue weighted by Gasteiger charge is -2.05. The third kappa shape index (κ3) is 17.8. The van der Waals surface area contributed by atoms with E-state index in [1.807, 2.05) is 0 Å². The number of aliphatic hydroxyl groups is 1. The first-order chi connectivity index (χ1) is 9.41. The van der Waals surface area contributed by atoms with Crippen molar-refractivity contribution >= 4 is 0 Å². The Labute approximate surface area is 116 Å². The van der Waals surface area contributed by atoms with Gasteiger partial charge in [0.25, 0.3) is 0 Å². The molecule has 1 saturated heterocycles. The van der Waals surface area contributed by atoms with E-state index in [0.29, 0.717) is 46.2 Å². The molecule has 0 spiro atoms. The van der Waals surface area contributed by atoms with Gasteiger partial charge in [0.05, 0.1) is 52.9 Å². The minimum atomic E-state index is 0.0557. The van der Waals surface area contributed by atoms with E-state index >= 15 is 0 Å². The van der Waals surface area contributed by atoms with Gasteiger partial charge in [-0.25, -0.2) is 0 Å². The van der Waals surface area contributed by atoms with Gasteiger partial charge in [-0.3, -0.25) is 0 Å². The lowest BCUT2D eigenvalue weighted by atomic mass is 10.4. The molecule has 6 nitrogen and oxygen atoms in total. The van der Waals surface area contributed by atoms with Crippen molar-refractivity contribution in [1.29, 1.82) is 0 Å². The molecule has 1 heterocycles. The van der Waals surface area contributed by atoms with E-state index in [1.54, 1.807) is 7.11 Å². The molecule has 116 valence electrons. The fourth-order valence-corrected chi connectivity index (χ4v) is 1.37. The van der Waals surface area contributed by atoms with Crippen LogP contribution in [0.4, 0.5) is 0 Å². The SMILES string of the molecule is C1CCNC1.COCCOCCOCCOCCO. The van der Waals surface area contributed by atoms with Crippen molar-refractivity contribution in [2.75, 3.05) is 73.1 Å². The molecule has 0 aliphatic carbocycles. The molecule has 0 aromatic heterocycles. The average molecular weight is 279 g/mol. The lowest BCUT2D eigenvalue weighted by molar-refractivity contribution is -0.000973. The Morgan fingerprint density at radius 3 is 1.63 bits per heavy atom. The molecule has 0 saturated carbocycles. The summed E-state index contributed by atoms with van der Waals surface area (Å²) in [6.07, 6.45) is 2.78. The van der Waals surface area contributed by atoms with Crippen molar-refractivity contribution in [3.8, 4) is 0 Å². The second-order valence-electron chi connectivity index (χ2n) is 4.01. The molecule has 0 radical (unpaired) electrons. The van der Waals surface area contributed by atoms with Crippen molar-refractivity contribution in [2.45, 2.75) is 12.8 Å². The summed E-state index contributed by atoms with van der Waals surface area (Å²) in [6, 6.07) is 0. The van der Waals surface area contributed by atoms with E-state index in [-0.39, 0.29) is 6.61 Å². The third-order valence-electron chi connectivity index (χ3n) is 2.37. The average Bonchev–Trinajstić information content (AvgIpc) is 3.00. The predicted molar refractivity (Wildman–Crippen MR) is 73.5 cm³/mol. The molecule has 0 aromatic carbocycles. The van der Waals surface area contributed by atoms with E-state index in [0.717, 1.165) is 0 Å². The maximum Gasteiger partial charge on any atom is 0.0701 e. The molecule has 0 atom stereocenters. The van der Waals surface area contributed by atoms with Crippen molar-refractivity contribution in [1.82, 2.24) is 5.32 Å². The molecule has 1 fully saturated rings. The maximum atomic E-state index is 8.39. The molecule has 0 unspecified atom stereocenters. The van der Waals surface area contributed by atoms with Crippen molar-refractivity contribution in [3.63, 3.8) is 0 Å². The highest BCUT2D eigenvalue weighted by atomic mass is 16.6. The number of methoxy groups -OCH3 is 1. The maximum absolute atomic E-state index is 8.39. The highest BCUT2D eigenvalue weighted by molar-refractivity contribution is 4.55. The van der Waals surface area contributed by atoms with Crippen LogP contribution in [0.15, 0.2) is 0 Å². The summed E-state index contributed by atoms with van der Waals surface area (Å²) in [5, 5.41) is 11.6. The van der Waals surface area contributed by atoms with Gasteiger partial charge in [-0.15, -0.1) is 0 Å². The van der Waals surface area contributed by atoms with Gasteiger partial charge >= 0.3 is 0 Å². The molecule has 1 rings (SSSR count). The summed E-state index contributed by atoms with van der Waals surface area (Å²) in [5.74, 6) is 0. The van der Waals surface area contributed by atoms with E-state index in [2.05, 4.69) is 5.32 Å². The van der Waals surface area contributed by atoms with Crippen LogP contribution in [0.5, 0.6) is 0 Å². The summed E-state index contributed by atoms with van der Waals surface area (Å²) in [7, 11) is 1.64. The third-order valence-corrected chi connectivity index (χ3v) is 2.37. The minimum absolute atomic E-state index is 0.0557. The smallest absolute Gasteiger partial charge is 0.0701 e. The molecular weight excluding hydrogens is 250 g/mol. The van der Waals surface area contributed by atoms with Crippen LogP contribution in [0.25, 0.3) is 0 Å². The second-order valence-corrected chi connectivity index (χ2v) is 4.01. The van der Waals surface area contributed by atoms with E-state index in [4.69, 9.17) is 24.1 Å². The van der Waals surface area contributed by atoms with Crippen LogP contribution in [0.1, 0.15) is 12.8 Å². The molecule has 2 N–H and O–H groups in total. The Morgan fingerprint density at radius 1 is 0.789 bits per heavy atom. The number of aliphatic hydroxyl groups excluding tert-OH is 1. The fourth-order valence-electron chi connectivity index (χ4n) is 1.37. The zero-order valence-electron chi connectivity index (χ0n) is 12.1. The van der Waals surface area contributed by atoms with E-state index in [9.17, 15) is 0 Å². The zero-order chi connectivity index (χ0) is 14.0. The first-order valence-electron chi connectivity index (χ1n) is 6.95. The van der Waals surface area contributed by atoms with Crippen LogP contribution in [-0.2, 0) is 18.9 Å².